The van der Waals surface area contributed by atoms with Crippen molar-refractivity contribution in [3.05, 3.63) is 66.7 Å². The Morgan fingerprint density at radius 1 is 0.864 bits per heavy atom. The molecule has 0 saturated carbocycles. The molecule has 2 aromatic carbocycles. The van der Waals surface area contributed by atoms with Gasteiger partial charge in [0.05, 0.1) is 0 Å². The minimum atomic E-state index is 0.437. The van der Waals surface area contributed by atoms with Crippen molar-refractivity contribution in [1.82, 2.24) is 0 Å². The monoisotopic (exact) mass is 420 g/mol. The summed E-state index contributed by atoms with van der Waals surface area (Å²) in [6.45, 7) is 2.28. The first kappa shape index (κ1) is 15.8. The van der Waals surface area contributed by atoms with Crippen LogP contribution < -0.4 is 4.46 Å². The van der Waals surface area contributed by atoms with E-state index in [2.05, 4.69) is 73.7 Å². The van der Waals surface area contributed by atoms with Crippen LogP contribution >= 0.6 is 0 Å². The quantitative estimate of drug-likeness (QED) is 0.405. The number of hydrogen-bond donors (Lipinski definition) is 0. The fraction of sp³-hybridized carbons (Fsp3) is 0.200. The Morgan fingerprint density at radius 2 is 1.50 bits per heavy atom. The van der Waals surface area contributed by atoms with E-state index < -0.39 is 0 Å². The van der Waals surface area contributed by atoms with Crippen LogP contribution in [0.4, 0.5) is 0 Å². The molecule has 0 aliphatic carbocycles. The van der Waals surface area contributed by atoms with E-state index in [1.807, 2.05) is 0 Å². The van der Waals surface area contributed by atoms with Crippen LogP contribution in [-0.2, 0) is 0 Å². The molecule has 0 atom stereocenters. The molecule has 0 amide bonds. The van der Waals surface area contributed by atoms with E-state index in [-0.39, 0.29) is 0 Å². The van der Waals surface area contributed by atoms with E-state index in [1.165, 1.54) is 29.3 Å². The van der Waals surface area contributed by atoms with E-state index in [4.69, 9.17) is 0 Å². The third kappa shape index (κ3) is 3.83. The third-order valence-electron chi connectivity index (χ3n) is 3.55. The van der Waals surface area contributed by atoms with Gasteiger partial charge in [-0.05, 0) is 0 Å². The number of rotatable bonds is 6. The summed E-state index contributed by atoms with van der Waals surface area (Å²) in [6.07, 6.45) is 2.66. The molecule has 0 N–H and O–H groups in total. The summed E-state index contributed by atoms with van der Waals surface area (Å²) in [7, 11) is 0. The predicted octanol–water partition coefficient (Wildman–Crippen LogP) is 4.63. The first-order chi connectivity index (χ1) is 10.9. The van der Waals surface area contributed by atoms with Crippen LogP contribution in [0.25, 0.3) is 20.0 Å². The van der Waals surface area contributed by atoms with E-state index in [0.717, 1.165) is 0 Å². The molecule has 0 aliphatic heterocycles. The molecule has 0 spiro atoms. The predicted molar refractivity (Wildman–Crippen MR) is 99.4 cm³/mol. The molecule has 3 aromatic rings. The third-order valence-corrected chi connectivity index (χ3v) is 9.15. The SMILES string of the molecule is CCCC[Se]c1cc(-c2ccccc2)[se]c1-c1ccccc1. The molecule has 2 heteroatoms. The van der Waals surface area contributed by atoms with E-state index in [0.29, 0.717) is 29.5 Å². The van der Waals surface area contributed by atoms with Crippen LogP contribution in [0.15, 0.2) is 66.7 Å². The van der Waals surface area contributed by atoms with Crippen LogP contribution in [0.1, 0.15) is 19.8 Å². The van der Waals surface area contributed by atoms with Gasteiger partial charge in [-0.1, -0.05) is 0 Å². The maximum atomic E-state index is 2.49. The van der Waals surface area contributed by atoms with Crippen LogP contribution in [0, 0.1) is 0 Å². The van der Waals surface area contributed by atoms with Crippen molar-refractivity contribution in [2.75, 3.05) is 0 Å². The fourth-order valence-corrected chi connectivity index (χ4v) is 8.37. The first-order valence-electron chi connectivity index (χ1n) is 7.76. The van der Waals surface area contributed by atoms with Gasteiger partial charge in [0.2, 0.25) is 0 Å². The molecular formula is C20H20Se2. The molecule has 0 unspecified atom stereocenters. The molecule has 0 bridgehead atoms. The summed E-state index contributed by atoms with van der Waals surface area (Å²) in [4.78, 5) is 0. The average molecular weight is 418 g/mol. The summed E-state index contributed by atoms with van der Waals surface area (Å²) < 4.78 is 4.79. The van der Waals surface area contributed by atoms with Crippen LogP contribution in [-0.4, -0.2) is 29.5 Å². The Hall–Kier alpha value is -1.04. The van der Waals surface area contributed by atoms with Gasteiger partial charge in [0.1, 0.15) is 0 Å². The molecule has 0 aliphatic rings. The van der Waals surface area contributed by atoms with Crippen LogP contribution in [0.3, 0.4) is 0 Å². The van der Waals surface area contributed by atoms with Crippen molar-refractivity contribution in [3.8, 4) is 20.0 Å². The van der Waals surface area contributed by atoms with Crippen molar-refractivity contribution in [1.29, 1.82) is 0 Å². The zero-order valence-electron chi connectivity index (χ0n) is 12.8. The maximum absolute atomic E-state index is 2.49. The van der Waals surface area contributed by atoms with Gasteiger partial charge in [-0.2, -0.15) is 0 Å². The number of unbranched alkanes of at least 4 members (excludes halogenated alkanes) is 1. The average Bonchev–Trinajstić information content (AvgIpc) is 3.01. The van der Waals surface area contributed by atoms with Gasteiger partial charge >= 0.3 is 146 Å². The standard InChI is InChI=1S/C20H20Se2/c1-2-3-14-21-19-15-18(16-10-6-4-7-11-16)22-20(19)17-12-8-5-9-13-17/h4-13,15H,2-3,14H2,1H3. The fourth-order valence-electron chi connectivity index (χ4n) is 2.34. The van der Waals surface area contributed by atoms with Gasteiger partial charge in [0.25, 0.3) is 0 Å². The topological polar surface area (TPSA) is 0 Å². The second-order valence-corrected chi connectivity index (χ2v) is 9.83. The summed E-state index contributed by atoms with van der Waals surface area (Å²) in [5.74, 6) is 0. The van der Waals surface area contributed by atoms with Crippen molar-refractivity contribution < 1.29 is 0 Å². The normalized spacial score (nSPS) is 10.8. The Bertz CT molecular complexity index is 699. The van der Waals surface area contributed by atoms with Crippen LogP contribution in [0.2, 0.25) is 5.32 Å². The van der Waals surface area contributed by atoms with Crippen LogP contribution in [0.5, 0.6) is 0 Å². The van der Waals surface area contributed by atoms with Crippen molar-refractivity contribution >= 4 is 33.9 Å². The van der Waals surface area contributed by atoms with E-state index in [9.17, 15) is 0 Å². The summed E-state index contributed by atoms with van der Waals surface area (Å²) >= 11 is 1.05. The van der Waals surface area contributed by atoms with Crippen molar-refractivity contribution in [2.24, 2.45) is 0 Å². The van der Waals surface area contributed by atoms with E-state index in [1.54, 1.807) is 13.3 Å². The van der Waals surface area contributed by atoms with Gasteiger partial charge in [0.15, 0.2) is 0 Å². The van der Waals surface area contributed by atoms with Gasteiger partial charge in [-0.25, -0.2) is 0 Å². The molecule has 0 radical (unpaired) electrons. The second-order valence-electron chi connectivity index (χ2n) is 5.24. The molecule has 3 rings (SSSR count). The zero-order valence-corrected chi connectivity index (χ0v) is 16.2. The summed E-state index contributed by atoms with van der Waals surface area (Å²) in [5.41, 5.74) is 2.83. The Balaban J connectivity index is 1.97. The van der Waals surface area contributed by atoms with Crippen molar-refractivity contribution in [3.63, 3.8) is 0 Å². The molecule has 22 heavy (non-hydrogen) atoms. The molecule has 0 fully saturated rings. The van der Waals surface area contributed by atoms with E-state index >= 15 is 0 Å². The molecule has 0 saturated heterocycles. The summed E-state index contributed by atoms with van der Waals surface area (Å²) in [6, 6.07) is 24.4. The molecular weight excluding hydrogens is 398 g/mol. The Kier molecular flexibility index (Phi) is 5.75. The molecule has 0 nitrogen and oxygen atoms in total. The molecule has 1 aromatic heterocycles. The van der Waals surface area contributed by atoms with Gasteiger partial charge in [-0.3, -0.25) is 0 Å². The zero-order chi connectivity index (χ0) is 15.2. The van der Waals surface area contributed by atoms with Gasteiger partial charge < -0.3 is 0 Å². The number of benzene rings is 2. The minimum absolute atomic E-state index is 0.437. The van der Waals surface area contributed by atoms with Gasteiger partial charge in [0, 0.05) is 0 Å². The summed E-state index contributed by atoms with van der Waals surface area (Å²) in [5, 5.41) is 1.36. The molecule has 112 valence electrons. The van der Waals surface area contributed by atoms with Crippen molar-refractivity contribution in [2.45, 2.75) is 25.1 Å². The number of hydrogen-bond acceptors (Lipinski definition) is 0. The Labute approximate surface area is 145 Å². The Morgan fingerprint density at radius 3 is 2.14 bits per heavy atom. The second kappa shape index (κ2) is 7.99. The molecule has 1 heterocycles. The van der Waals surface area contributed by atoms with Gasteiger partial charge in [-0.15, -0.1) is 0 Å². The first-order valence-corrected chi connectivity index (χ1v) is 11.5.